The summed E-state index contributed by atoms with van der Waals surface area (Å²) in [4.78, 5) is 18.5. The number of amides is 2. The first-order valence-corrected chi connectivity index (χ1v) is 8.26. The van der Waals surface area contributed by atoms with Gasteiger partial charge in [0.2, 0.25) is 0 Å². The van der Waals surface area contributed by atoms with Crippen LogP contribution in [0.2, 0.25) is 0 Å². The van der Waals surface area contributed by atoms with E-state index in [1.165, 1.54) is 0 Å². The Morgan fingerprint density at radius 2 is 1.96 bits per heavy atom. The van der Waals surface area contributed by atoms with Gasteiger partial charge in [0.1, 0.15) is 0 Å². The van der Waals surface area contributed by atoms with Gasteiger partial charge in [0.25, 0.3) is 0 Å². The van der Waals surface area contributed by atoms with Crippen LogP contribution in [0.3, 0.4) is 0 Å². The summed E-state index contributed by atoms with van der Waals surface area (Å²) >= 11 is 0. The van der Waals surface area contributed by atoms with Crippen LogP contribution in [-0.2, 0) is 0 Å². The minimum atomic E-state index is -0.904. The summed E-state index contributed by atoms with van der Waals surface area (Å²) in [6.45, 7) is 4.18. The highest BCUT2D eigenvalue weighted by molar-refractivity contribution is 5.94. The van der Waals surface area contributed by atoms with E-state index in [2.05, 4.69) is 10.3 Å². The third-order valence-electron chi connectivity index (χ3n) is 4.49. The Labute approximate surface area is 142 Å². The van der Waals surface area contributed by atoms with E-state index in [0.717, 1.165) is 29.7 Å². The predicted octanol–water partition coefficient (Wildman–Crippen LogP) is 3.52. The molecule has 0 aliphatic carbocycles. The second kappa shape index (κ2) is 6.61. The number of nitrogens with one attached hydrogen (secondary N) is 1. The third-order valence-corrected chi connectivity index (χ3v) is 4.49. The fraction of sp³-hybridized carbons (Fsp3) is 0.368. The highest BCUT2D eigenvalue weighted by Gasteiger charge is 2.38. The maximum Gasteiger partial charge on any atom is 0.322 e. The van der Waals surface area contributed by atoms with Gasteiger partial charge < -0.3 is 15.3 Å². The molecule has 0 saturated carbocycles. The lowest BCUT2D eigenvalue weighted by atomic mass is 9.97. The van der Waals surface area contributed by atoms with E-state index in [1.807, 2.05) is 36.4 Å². The number of anilines is 1. The topological polar surface area (TPSA) is 65.5 Å². The zero-order chi connectivity index (χ0) is 17.2. The molecule has 1 aliphatic heterocycles. The molecule has 0 bridgehead atoms. The van der Waals surface area contributed by atoms with E-state index in [1.54, 1.807) is 31.1 Å². The van der Waals surface area contributed by atoms with Crippen LogP contribution in [0.25, 0.3) is 11.1 Å². The number of carbonyl (C=O) groups excluding carboxylic acids is 1. The van der Waals surface area contributed by atoms with Crippen molar-refractivity contribution >= 4 is 11.7 Å². The molecule has 2 N–H and O–H groups in total. The summed E-state index contributed by atoms with van der Waals surface area (Å²) in [6.07, 6.45) is 5.20. The first kappa shape index (κ1) is 16.5. The zero-order valence-electron chi connectivity index (χ0n) is 14.1. The van der Waals surface area contributed by atoms with Crippen molar-refractivity contribution in [3.8, 4) is 11.1 Å². The molecule has 1 fully saturated rings. The number of benzene rings is 1. The van der Waals surface area contributed by atoms with Crippen LogP contribution < -0.4 is 5.32 Å². The molecule has 5 nitrogen and oxygen atoms in total. The lowest BCUT2D eigenvalue weighted by molar-refractivity contribution is 0.0117. The van der Waals surface area contributed by atoms with E-state index < -0.39 is 5.60 Å². The lowest BCUT2D eigenvalue weighted by Gasteiger charge is -2.33. The fourth-order valence-electron chi connectivity index (χ4n) is 3.31. The lowest BCUT2D eigenvalue weighted by Crippen LogP contribution is -2.49. The Morgan fingerprint density at radius 3 is 2.67 bits per heavy atom. The van der Waals surface area contributed by atoms with Crippen molar-refractivity contribution < 1.29 is 9.90 Å². The van der Waals surface area contributed by atoms with Crippen LogP contribution in [0.1, 0.15) is 26.7 Å². The van der Waals surface area contributed by atoms with Crippen LogP contribution in [0.15, 0.2) is 48.8 Å². The van der Waals surface area contributed by atoms with Gasteiger partial charge in [-0.25, -0.2) is 4.79 Å². The van der Waals surface area contributed by atoms with Crippen molar-refractivity contribution in [2.75, 3.05) is 11.9 Å². The van der Waals surface area contributed by atoms with E-state index in [4.69, 9.17) is 0 Å². The molecule has 1 atom stereocenters. The van der Waals surface area contributed by atoms with Gasteiger partial charge in [-0.2, -0.15) is 0 Å². The number of hydrogen-bond acceptors (Lipinski definition) is 3. The van der Waals surface area contributed by atoms with Gasteiger partial charge in [0, 0.05) is 24.5 Å². The number of carbonyl (C=O) groups is 1. The number of aromatic nitrogens is 1. The highest BCUT2D eigenvalue weighted by Crippen LogP contribution is 2.30. The van der Waals surface area contributed by atoms with Crippen molar-refractivity contribution in [1.82, 2.24) is 9.88 Å². The molecule has 2 amide bonds. The van der Waals surface area contributed by atoms with Gasteiger partial charge in [0.15, 0.2) is 0 Å². The summed E-state index contributed by atoms with van der Waals surface area (Å²) in [6, 6.07) is 11.2. The molecule has 1 aromatic carbocycles. The monoisotopic (exact) mass is 325 g/mol. The predicted molar refractivity (Wildman–Crippen MR) is 94.7 cm³/mol. The summed E-state index contributed by atoms with van der Waals surface area (Å²) in [5.74, 6) is 0. The van der Waals surface area contributed by atoms with Gasteiger partial charge in [-0.3, -0.25) is 4.98 Å². The number of para-hydroxylation sites is 1. The van der Waals surface area contributed by atoms with Crippen molar-refractivity contribution in [3.05, 3.63) is 48.8 Å². The molecule has 1 unspecified atom stereocenters. The normalized spacial score (nSPS) is 17.8. The minimum Gasteiger partial charge on any atom is -0.388 e. The molecule has 5 heteroatoms. The summed E-state index contributed by atoms with van der Waals surface area (Å²) in [5.41, 5.74) is 1.81. The summed E-state index contributed by atoms with van der Waals surface area (Å²) < 4.78 is 0. The smallest absolute Gasteiger partial charge is 0.322 e. The largest absolute Gasteiger partial charge is 0.388 e. The van der Waals surface area contributed by atoms with Crippen molar-refractivity contribution in [1.29, 1.82) is 0 Å². The Kier molecular flexibility index (Phi) is 4.53. The SMILES string of the molecule is CC(C)(O)C1CCCN1C(=O)Nc1ccccc1-c1ccncc1. The molecule has 2 aromatic rings. The number of likely N-dealkylation sites (tertiary alicyclic amines) is 1. The van der Waals surface area contributed by atoms with E-state index in [0.29, 0.717) is 6.54 Å². The van der Waals surface area contributed by atoms with Gasteiger partial charge in [-0.1, -0.05) is 18.2 Å². The van der Waals surface area contributed by atoms with E-state index in [-0.39, 0.29) is 12.1 Å². The van der Waals surface area contributed by atoms with Gasteiger partial charge in [-0.05, 0) is 50.5 Å². The van der Waals surface area contributed by atoms with E-state index >= 15 is 0 Å². The Balaban J connectivity index is 1.83. The van der Waals surface area contributed by atoms with Gasteiger partial charge >= 0.3 is 6.03 Å². The molecule has 1 aromatic heterocycles. The average Bonchev–Trinajstić information content (AvgIpc) is 3.06. The number of nitrogens with zero attached hydrogens (tertiary/aromatic N) is 2. The first-order valence-electron chi connectivity index (χ1n) is 8.26. The maximum atomic E-state index is 12.7. The van der Waals surface area contributed by atoms with Crippen LogP contribution in [-0.4, -0.2) is 39.2 Å². The molecule has 1 saturated heterocycles. The molecule has 126 valence electrons. The highest BCUT2D eigenvalue weighted by atomic mass is 16.3. The number of hydrogen-bond donors (Lipinski definition) is 2. The Bertz CT molecular complexity index is 710. The number of rotatable bonds is 3. The Hall–Kier alpha value is -2.40. The first-order chi connectivity index (χ1) is 11.5. The molecular formula is C19H23N3O2. The summed E-state index contributed by atoms with van der Waals surface area (Å²) in [7, 11) is 0. The molecule has 2 heterocycles. The number of urea groups is 1. The molecule has 0 spiro atoms. The van der Waals surface area contributed by atoms with E-state index in [9.17, 15) is 9.90 Å². The number of aliphatic hydroxyl groups is 1. The van der Waals surface area contributed by atoms with Crippen molar-refractivity contribution in [2.24, 2.45) is 0 Å². The average molecular weight is 325 g/mol. The zero-order valence-corrected chi connectivity index (χ0v) is 14.1. The van der Waals surface area contributed by atoms with Crippen LogP contribution in [0.4, 0.5) is 10.5 Å². The molecule has 24 heavy (non-hydrogen) atoms. The second-order valence-electron chi connectivity index (χ2n) is 6.72. The quantitative estimate of drug-likeness (QED) is 0.907. The second-order valence-corrected chi connectivity index (χ2v) is 6.72. The third kappa shape index (κ3) is 3.41. The van der Waals surface area contributed by atoms with Gasteiger partial charge in [-0.15, -0.1) is 0 Å². The van der Waals surface area contributed by atoms with Crippen LogP contribution in [0, 0.1) is 0 Å². The van der Waals surface area contributed by atoms with Crippen molar-refractivity contribution in [2.45, 2.75) is 38.3 Å². The standard InChI is InChI=1S/C19H23N3O2/c1-19(2,24)17-8-5-13-22(17)18(23)21-16-7-4-3-6-15(16)14-9-11-20-12-10-14/h3-4,6-7,9-12,17,24H,5,8,13H2,1-2H3,(H,21,23). The summed E-state index contributed by atoms with van der Waals surface area (Å²) in [5, 5.41) is 13.3. The molecule has 3 rings (SSSR count). The fourth-order valence-corrected chi connectivity index (χ4v) is 3.31. The minimum absolute atomic E-state index is 0.161. The Morgan fingerprint density at radius 1 is 1.25 bits per heavy atom. The van der Waals surface area contributed by atoms with Crippen LogP contribution >= 0.6 is 0 Å². The van der Waals surface area contributed by atoms with Crippen LogP contribution in [0.5, 0.6) is 0 Å². The molecule has 0 radical (unpaired) electrons. The number of pyridine rings is 1. The molecule has 1 aliphatic rings. The van der Waals surface area contributed by atoms with Gasteiger partial charge in [0.05, 0.1) is 17.3 Å². The molecular weight excluding hydrogens is 302 g/mol. The maximum absolute atomic E-state index is 12.7. The van der Waals surface area contributed by atoms with Crippen molar-refractivity contribution in [3.63, 3.8) is 0 Å².